The van der Waals surface area contributed by atoms with Crippen molar-refractivity contribution in [3.8, 4) is 0 Å². The lowest BCUT2D eigenvalue weighted by Gasteiger charge is -2.15. The van der Waals surface area contributed by atoms with Crippen molar-refractivity contribution >= 4 is 23.5 Å². The molecule has 110 valence electrons. The first-order valence-corrected chi connectivity index (χ1v) is 6.63. The monoisotopic (exact) mass is 299 g/mol. The third-order valence-electron chi connectivity index (χ3n) is 2.96. The van der Waals surface area contributed by atoms with Gasteiger partial charge in [0.15, 0.2) is 0 Å². The molecular weight excluding hydrogens is 282 g/mol. The van der Waals surface area contributed by atoms with Crippen LogP contribution in [0.3, 0.4) is 0 Å². The van der Waals surface area contributed by atoms with Crippen LogP contribution in [0, 0.1) is 6.92 Å². The van der Waals surface area contributed by atoms with Gasteiger partial charge in [0.1, 0.15) is 6.04 Å². The summed E-state index contributed by atoms with van der Waals surface area (Å²) in [5.41, 5.74) is 1.02. The Morgan fingerprint density at radius 2 is 2.15 bits per heavy atom. The summed E-state index contributed by atoms with van der Waals surface area (Å²) in [6.07, 6.45) is 0.872. The van der Waals surface area contributed by atoms with Crippen LogP contribution in [-0.4, -0.2) is 36.7 Å². The Morgan fingerprint density at radius 3 is 2.75 bits per heavy atom. The van der Waals surface area contributed by atoms with Gasteiger partial charge in [0.2, 0.25) is 0 Å². The van der Waals surface area contributed by atoms with Gasteiger partial charge in [-0.15, -0.1) is 0 Å². The average molecular weight is 300 g/mol. The van der Waals surface area contributed by atoms with Gasteiger partial charge in [0.25, 0.3) is 5.91 Å². The summed E-state index contributed by atoms with van der Waals surface area (Å²) in [5.74, 6) is -1.50. The molecule has 0 bridgehead atoms. The van der Waals surface area contributed by atoms with E-state index in [-0.39, 0.29) is 0 Å². The van der Waals surface area contributed by atoms with Crippen LogP contribution in [-0.2, 0) is 9.53 Å². The summed E-state index contributed by atoms with van der Waals surface area (Å²) in [5, 5.41) is 12.1. The van der Waals surface area contributed by atoms with Gasteiger partial charge >= 0.3 is 5.97 Å². The lowest BCUT2D eigenvalue weighted by molar-refractivity contribution is -0.139. The van der Waals surface area contributed by atoms with Gasteiger partial charge in [-0.1, -0.05) is 17.7 Å². The number of carboxylic acids is 1. The molecule has 0 spiro atoms. The van der Waals surface area contributed by atoms with Crippen LogP contribution in [0.1, 0.15) is 28.8 Å². The SMILES string of the molecule is COCCCC(NC(=O)c1cccc(Cl)c1C)C(=O)O. The summed E-state index contributed by atoms with van der Waals surface area (Å²) in [4.78, 5) is 23.2. The van der Waals surface area contributed by atoms with Gasteiger partial charge < -0.3 is 15.2 Å². The number of carbonyl (C=O) groups excluding carboxylic acids is 1. The zero-order valence-corrected chi connectivity index (χ0v) is 12.2. The molecule has 1 rings (SSSR count). The van der Waals surface area contributed by atoms with Gasteiger partial charge in [-0.3, -0.25) is 4.79 Å². The molecule has 0 radical (unpaired) electrons. The summed E-state index contributed by atoms with van der Waals surface area (Å²) in [7, 11) is 1.55. The lowest BCUT2D eigenvalue weighted by Crippen LogP contribution is -2.41. The highest BCUT2D eigenvalue weighted by molar-refractivity contribution is 6.31. The Morgan fingerprint density at radius 1 is 1.45 bits per heavy atom. The molecule has 20 heavy (non-hydrogen) atoms. The van der Waals surface area contributed by atoms with Crippen LogP contribution in [0.5, 0.6) is 0 Å². The summed E-state index contributed by atoms with van der Waals surface area (Å²) in [6.45, 7) is 2.17. The molecule has 6 heteroatoms. The van der Waals surface area contributed by atoms with Gasteiger partial charge in [0, 0.05) is 24.3 Å². The van der Waals surface area contributed by atoms with Crippen molar-refractivity contribution in [1.82, 2.24) is 5.32 Å². The number of ether oxygens (including phenoxy) is 1. The van der Waals surface area contributed by atoms with Crippen molar-refractivity contribution in [2.24, 2.45) is 0 Å². The standard InChI is InChI=1S/C14H18ClNO4/c1-9-10(5-3-6-11(9)15)13(17)16-12(14(18)19)7-4-8-20-2/h3,5-6,12H,4,7-8H2,1-2H3,(H,16,17)(H,18,19). The number of amides is 1. The fraction of sp³-hybridized carbons (Fsp3) is 0.429. The number of nitrogens with one attached hydrogen (secondary N) is 1. The number of benzene rings is 1. The lowest BCUT2D eigenvalue weighted by atomic mass is 10.1. The molecule has 1 unspecified atom stereocenters. The Kier molecular flexibility index (Phi) is 6.48. The average Bonchev–Trinajstić information content (AvgIpc) is 2.40. The minimum atomic E-state index is -1.06. The van der Waals surface area contributed by atoms with Gasteiger partial charge in [-0.05, 0) is 37.5 Å². The highest BCUT2D eigenvalue weighted by Gasteiger charge is 2.21. The summed E-state index contributed by atoms with van der Waals surface area (Å²) in [6, 6.07) is 4.02. The maximum atomic E-state index is 12.1. The van der Waals surface area contributed by atoms with Crippen LogP contribution < -0.4 is 5.32 Å². The normalized spacial score (nSPS) is 11.9. The first-order valence-electron chi connectivity index (χ1n) is 6.25. The van der Waals surface area contributed by atoms with Crippen molar-refractivity contribution in [2.75, 3.05) is 13.7 Å². The Balaban J connectivity index is 2.75. The van der Waals surface area contributed by atoms with E-state index in [9.17, 15) is 9.59 Å². The number of carbonyl (C=O) groups is 2. The first kappa shape index (κ1) is 16.5. The van der Waals surface area contributed by atoms with Crippen LogP contribution in [0.25, 0.3) is 0 Å². The Labute approximate surface area is 122 Å². The molecule has 0 saturated carbocycles. The quantitative estimate of drug-likeness (QED) is 0.757. The molecule has 0 aliphatic heterocycles. The second-order valence-electron chi connectivity index (χ2n) is 4.41. The van der Waals surface area contributed by atoms with Crippen LogP contribution in [0.15, 0.2) is 18.2 Å². The fourth-order valence-corrected chi connectivity index (χ4v) is 1.95. The van der Waals surface area contributed by atoms with Gasteiger partial charge in [0.05, 0.1) is 0 Å². The number of hydrogen-bond acceptors (Lipinski definition) is 3. The number of methoxy groups -OCH3 is 1. The smallest absolute Gasteiger partial charge is 0.326 e. The van der Waals surface area contributed by atoms with Crippen molar-refractivity contribution in [2.45, 2.75) is 25.8 Å². The topological polar surface area (TPSA) is 75.6 Å². The third kappa shape index (κ3) is 4.51. The van der Waals surface area contributed by atoms with E-state index in [0.717, 1.165) is 0 Å². The molecule has 0 aromatic heterocycles. The fourth-order valence-electron chi connectivity index (χ4n) is 1.78. The molecule has 0 heterocycles. The largest absolute Gasteiger partial charge is 0.480 e. The van der Waals surface area contributed by atoms with E-state index in [1.54, 1.807) is 32.2 Å². The predicted octanol–water partition coefficient (Wildman–Crippen LogP) is 2.26. The van der Waals surface area contributed by atoms with Crippen molar-refractivity contribution in [3.63, 3.8) is 0 Å². The van der Waals surface area contributed by atoms with Crippen LogP contribution in [0.4, 0.5) is 0 Å². The Hall–Kier alpha value is -1.59. The maximum Gasteiger partial charge on any atom is 0.326 e. The zero-order chi connectivity index (χ0) is 15.1. The minimum Gasteiger partial charge on any atom is -0.480 e. The zero-order valence-electron chi connectivity index (χ0n) is 11.5. The predicted molar refractivity (Wildman–Crippen MR) is 76.2 cm³/mol. The number of carboxylic acid groups (broad SMARTS) is 1. The summed E-state index contributed by atoms with van der Waals surface area (Å²) < 4.78 is 4.87. The molecule has 0 saturated heterocycles. The number of rotatable bonds is 7. The maximum absolute atomic E-state index is 12.1. The van der Waals surface area contributed by atoms with Gasteiger partial charge in [-0.2, -0.15) is 0 Å². The second kappa shape index (κ2) is 7.87. The molecule has 5 nitrogen and oxygen atoms in total. The number of halogens is 1. The minimum absolute atomic E-state index is 0.314. The van der Waals surface area contributed by atoms with E-state index in [2.05, 4.69) is 5.32 Å². The third-order valence-corrected chi connectivity index (χ3v) is 3.37. The molecule has 1 amide bonds. The highest BCUT2D eigenvalue weighted by Crippen LogP contribution is 2.18. The molecule has 1 aromatic rings. The summed E-state index contributed by atoms with van der Waals surface area (Å²) >= 11 is 5.95. The van der Waals surface area contributed by atoms with Crippen LogP contribution in [0.2, 0.25) is 5.02 Å². The molecule has 1 atom stereocenters. The molecule has 0 aliphatic carbocycles. The first-order chi connectivity index (χ1) is 9.47. The molecule has 0 fully saturated rings. The molecule has 0 aliphatic rings. The van der Waals surface area contributed by atoms with E-state index < -0.39 is 17.9 Å². The van der Waals surface area contributed by atoms with Crippen molar-refractivity contribution in [1.29, 1.82) is 0 Å². The van der Waals surface area contributed by atoms with Crippen molar-refractivity contribution in [3.05, 3.63) is 34.3 Å². The van der Waals surface area contributed by atoms with E-state index >= 15 is 0 Å². The number of aliphatic carboxylic acids is 1. The van der Waals surface area contributed by atoms with E-state index in [0.29, 0.717) is 35.6 Å². The highest BCUT2D eigenvalue weighted by atomic mass is 35.5. The van der Waals surface area contributed by atoms with E-state index in [4.69, 9.17) is 21.4 Å². The molecule has 1 aromatic carbocycles. The second-order valence-corrected chi connectivity index (χ2v) is 4.82. The molecular formula is C14H18ClNO4. The molecule has 2 N–H and O–H groups in total. The van der Waals surface area contributed by atoms with E-state index in [1.807, 2.05) is 0 Å². The van der Waals surface area contributed by atoms with Crippen molar-refractivity contribution < 1.29 is 19.4 Å². The van der Waals surface area contributed by atoms with E-state index in [1.165, 1.54) is 0 Å². The van der Waals surface area contributed by atoms with Gasteiger partial charge in [-0.25, -0.2) is 4.79 Å². The Bertz CT molecular complexity index is 490. The van der Waals surface area contributed by atoms with Crippen LogP contribution >= 0.6 is 11.6 Å². The number of hydrogen-bond donors (Lipinski definition) is 2.